The summed E-state index contributed by atoms with van der Waals surface area (Å²) in [4.78, 5) is 11.6. The molecule has 0 saturated heterocycles. The molecule has 1 aliphatic carbocycles. The minimum absolute atomic E-state index is 0.0175. The maximum absolute atomic E-state index is 11.6. The summed E-state index contributed by atoms with van der Waals surface area (Å²) in [6.07, 6.45) is 2.36. The van der Waals surface area contributed by atoms with Gasteiger partial charge in [0.1, 0.15) is 5.75 Å². The maximum Gasteiger partial charge on any atom is 0.277 e. The predicted molar refractivity (Wildman–Crippen MR) is 84.6 cm³/mol. The lowest BCUT2D eigenvalue weighted by Crippen LogP contribution is -2.25. The average molecular weight is 288 g/mol. The molecule has 1 aliphatic rings. The van der Waals surface area contributed by atoms with Crippen LogP contribution in [0.3, 0.4) is 0 Å². The molecule has 0 bridgehead atoms. The molecule has 114 valence electrons. The zero-order chi connectivity index (χ0) is 15.5. The Morgan fingerprint density at radius 3 is 2.43 bits per heavy atom. The highest BCUT2D eigenvalue weighted by Gasteiger charge is 2.24. The Balaban J connectivity index is 1.79. The zero-order valence-electron chi connectivity index (χ0n) is 13.3. The van der Waals surface area contributed by atoms with Crippen LogP contribution in [0.15, 0.2) is 29.4 Å². The molecule has 0 unspecified atom stereocenters. The molecule has 0 aliphatic heterocycles. The first-order chi connectivity index (χ1) is 9.86. The van der Waals surface area contributed by atoms with E-state index in [4.69, 9.17) is 4.74 Å². The van der Waals surface area contributed by atoms with Gasteiger partial charge in [0.25, 0.3) is 5.91 Å². The van der Waals surface area contributed by atoms with Gasteiger partial charge >= 0.3 is 0 Å². The number of hydrogen-bond acceptors (Lipinski definition) is 3. The molecule has 0 atom stereocenters. The molecule has 1 aromatic carbocycles. The van der Waals surface area contributed by atoms with Crippen LogP contribution in [0.25, 0.3) is 0 Å². The molecule has 4 heteroatoms. The lowest BCUT2D eigenvalue weighted by Gasteiger charge is -2.19. The number of nitrogens with one attached hydrogen (secondary N) is 1. The van der Waals surface area contributed by atoms with Crippen LogP contribution in [0.1, 0.15) is 46.1 Å². The smallest absolute Gasteiger partial charge is 0.277 e. The van der Waals surface area contributed by atoms with Crippen LogP contribution >= 0.6 is 0 Å². The largest absolute Gasteiger partial charge is 0.484 e. The molecule has 1 amide bonds. The standard InChI is InChI=1S/C17H24N2O2/c1-12(13-5-6-13)18-19-16(20)11-21-15-9-7-14(8-10-15)17(2,3)4/h7-10,13H,5-6,11H2,1-4H3,(H,19,20)/b18-12+. The van der Waals surface area contributed by atoms with E-state index in [0.29, 0.717) is 11.7 Å². The Kier molecular flexibility index (Phi) is 4.66. The highest BCUT2D eigenvalue weighted by Crippen LogP contribution is 2.30. The van der Waals surface area contributed by atoms with Gasteiger partial charge in [-0.2, -0.15) is 5.10 Å². The van der Waals surface area contributed by atoms with E-state index in [1.807, 2.05) is 31.2 Å². The lowest BCUT2D eigenvalue weighted by atomic mass is 9.87. The van der Waals surface area contributed by atoms with Crippen LogP contribution in [0.2, 0.25) is 0 Å². The number of carbonyl (C=O) groups is 1. The second kappa shape index (κ2) is 6.29. The minimum atomic E-state index is -0.227. The van der Waals surface area contributed by atoms with Gasteiger partial charge in [-0.15, -0.1) is 0 Å². The highest BCUT2D eigenvalue weighted by molar-refractivity contribution is 5.88. The maximum atomic E-state index is 11.6. The summed E-state index contributed by atoms with van der Waals surface area (Å²) in [7, 11) is 0. The number of benzene rings is 1. The molecular weight excluding hydrogens is 264 g/mol. The number of ether oxygens (including phenoxy) is 1. The first-order valence-corrected chi connectivity index (χ1v) is 7.42. The molecular formula is C17H24N2O2. The van der Waals surface area contributed by atoms with Crippen molar-refractivity contribution in [3.05, 3.63) is 29.8 Å². The molecule has 0 spiro atoms. The van der Waals surface area contributed by atoms with Crippen LogP contribution < -0.4 is 10.2 Å². The second-order valence-electron chi connectivity index (χ2n) is 6.63. The van der Waals surface area contributed by atoms with E-state index in [1.165, 1.54) is 18.4 Å². The van der Waals surface area contributed by atoms with Crippen molar-refractivity contribution in [2.24, 2.45) is 11.0 Å². The Labute approximate surface area is 126 Å². The molecule has 0 aromatic heterocycles. The fraction of sp³-hybridized carbons (Fsp3) is 0.529. The third-order valence-electron chi connectivity index (χ3n) is 3.62. The van der Waals surface area contributed by atoms with Gasteiger partial charge in [0, 0.05) is 5.71 Å². The van der Waals surface area contributed by atoms with E-state index in [1.54, 1.807) is 0 Å². The Hall–Kier alpha value is -1.84. The predicted octanol–water partition coefficient (Wildman–Crippen LogP) is 3.27. The van der Waals surface area contributed by atoms with Crippen LogP contribution in [0, 0.1) is 5.92 Å². The van der Waals surface area contributed by atoms with E-state index < -0.39 is 0 Å². The Bertz CT molecular complexity index is 523. The summed E-state index contributed by atoms with van der Waals surface area (Å²) >= 11 is 0. The second-order valence-corrected chi connectivity index (χ2v) is 6.63. The summed E-state index contributed by atoms with van der Waals surface area (Å²) in [6, 6.07) is 7.85. The van der Waals surface area contributed by atoms with Gasteiger partial charge in [0.05, 0.1) is 0 Å². The Morgan fingerprint density at radius 1 is 1.29 bits per heavy atom. The van der Waals surface area contributed by atoms with Crippen molar-refractivity contribution < 1.29 is 9.53 Å². The monoisotopic (exact) mass is 288 g/mol. The quantitative estimate of drug-likeness (QED) is 0.668. The Morgan fingerprint density at radius 2 is 1.90 bits per heavy atom. The average Bonchev–Trinajstić information content (AvgIpc) is 3.26. The van der Waals surface area contributed by atoms with Crippen molar-refractivity contribution >= 4 is 11.6 Å². The molecule has 4 nitrogen and oxygen atoms in total. The van der Waals surface area contributed by atoms with Gasteiger partial charge < -0.3 is 4.74 Å². The number of hydrogen-bond donors (Lipinski definition) is 1. The SMILES string of the molecule is C/C(=N\NC(=O)COc1ccc(C(C)(C)C)cc1)C1CC1. The van der Waals surface area contributed by atoms with E-state index in [0.717, 1.165) is 5.71 Å². The van der Waals surface area contributed by atoms with Gasteiger partial charge in [0.2, 0.25) is 0 Å². The van der Waals surface area contributed by atoms with Crippen molar-refractivity contribution in [2.75, 3.05) is 6.61 Å². The van der Waals surface area contributed by atoms with Crippen LogP contribution in [0.5, 0.6) is 5.75 Å². The summed E-state index contributed by atoms with van der Waals surface area (Å²) < 4.78 is 5.46. The van der Waals surface area contributed by atoms with E-state index in [9.17, 15) is 4.79 Å². The van der Waals surface area contributed by atoms with Crippen LogP contribution in [0.4, 0.5) is 0 Å². The van der Waals surface area contributed by atoms with Crippen LogP contribution in [-0.2, 0) is 10.2 Å². The van der Waals surface area contributed by atoms with Crippen molar-refractivity contribution in [2.45, 2.75) is 46.0 Å². The third kappa shape index (κ3) is 4.88. The third-order valence-corrected chi connectivity index (χ3v) is 3.62. The van der Waals surface area contributed by atoms with E-state index in [2.05, 4.69) is 31.3 Å². The lowest BCUT2D eigenvalue weighted by molar-refractivity contribution is -0.123. The van der Waals surface area contributed by atoms with Crippen molar-refractivity contribution in [1.29, 1.82) is 0 Å². The van der Waals surface area contributed by atoms with Gasteiger partial charge in [-0.05, 0) is 48.8 Å². The van der Waals surface area contributed by atoms with E-state index in [-0.39, 0.29) is 17.9 Å². The molecule has 0 heterocycles. The normalized spacial score (nSPS) is 15.7. The molecule has 2 rings (SSSR count). The summed E-state index contributed by atoms with van der Waals surface area (Å²) in [5, 5.41) is 4.08. The number of rotatable bonds is 5. The topological polar surface area (TPSA) is 50.7 Å². The number of carbonyl (C=O) groups excluding carboxylic acids is 1. The first kappa shape index (κ1) is 15.5. The van der Waals surface area contributed by atoms with Crippen molar-refractivity contribution in [3.63, 3.8) is 0 Å². The molecule has 1 saturated carbocycles. The summed E-state index contributed by atoms with van der Waals surface area (Å²) in [6.45, 7) is 8.42. The first-order valence-electron chi connectivity index (χ1n) is 7.42. The molecule has 1 N–H and O–H groups in total. The molecule has 0 radical (unpaired) electrons. The van der Waals surface area contributed by atoms with Crippen LogP contribution in [-0.4, -0.2) is 18.2 Å². The van der Waals surface area contributed by atoms with Gasteiger partial charge in [-0.1, -0.05) is 32.9 Å². The van der Waals surface area contributed by atoms with E-state index >= 15 is 0 Å². The molecule has 1 aromatic rings. The molecule has 21 heavy (non-hydrogen) atoms. The fourth-order valence-corrected chi connectivity index (χ4v) is 1.98. The summed E-state index contributed by atoms with van der Waals surface area (Å²) in [5.74, 6) is 1.03. The highest BCUT2D eigenvalue weighted by atomic mass is 16.5. The van der Waals surface area contributed by atoms with Crippen molar-refractivity contribution in [3.8, 4) is 5.75 Å². The number of hydrazone groups is 1. The fourth-order valence-electron chi connectivity index (χ4n) is 1.98. The molecule has 1 fully saturated rings. The minimum Gasteiger partial charge on any atom is -0.484 e. The number of nitrogens with zero attached hydrogens (tertiary/aromatic N) is 1. The van der Waals surface area contributed by atoms with Crippen molar-refractivity contribution in [1.82, 2.24) is 5.43 Å². The number of amides is 1. The zero-order valence-corrected chi connectivity index (χ0v) is 13.3. The van der Waals surface area contributed by atoms with Gasteiger partial charge in [0.15, 0.2) is 6.61 Å². The van der Waals surface area contributed by atoms with Gasteiger partial charge in [-0.3, -0.25) is 4.79 Å². The van der Waals surface area contributed by atoms with Gasteiger partial charge in [-0.25, -0.2) is 5.43 Å². The summed E-state index contributed by atoms with van der Waals surface area (Å²) in [5.41, 5.74) is 4.89.